The van der Waals surface area contributed by atoms with Crippen LogP contribution in [0.25, 0.3) is 0 Å². The molecule has 20 heavy (non-hydrogen) atoms. The summed E-state index contributed by atoms with van der Waals surface area (Å²) in [6, 6.07) is 0.558. The van der Waals surface area contributed by atoms with E-state index in [-0.39, 0.29) is 11.9 Å². The molecule has 7 unspecified atom stereocenters. The van der Waals surface area contributed by atoms with Crippen LogP contribution in [-0.4, -0.2) is 24.5 Å². The van der Waals surface area contributed by atoms with Crippen molar-refractivity contribution in [2.45, 2.75) is 64.0 Å². The van der Waals surface area contributed by atoms with E-state index in [1.54, 1.807) is 0 Å². The molecule has 0 spiro atoms. The van der Waals surface area contributed by atoms with E-state index in [9.17, 15) is 4.79 Å². The molecular formula is C17H28N2O. The van der Waals surface area contributed by atoms with Crippen molar-refractivity contribution in [1.29, 1.82) is 0 Å². The third-order valence-corrected chi connectivity index (χ3v) is 6.74. The number of fused-ring (bicyclic) bond motifs is 5. The van der Waals surface area contributed by atoms with E-state index in [1.165, 1.54) is 38.5 Å². The van der Waals surface area contributed by atoms with Gasteiger partial charge in [-0.2, -0.15) is 0 Å². The molecule has 0 aromatic heterocycles. The summed E-state index contributed by atoms with van der Waals surface area (Å²) in [4.78, 5) is 12.5. The van der Waals surface area contributed by atoms with Gasteiger partial charge in [-0.3, -0.25) is 4.79 Å². The number of hydrogen-bond acceptors (Lipinski definition) is 2. The number of carbonyl (C=O) groups excluding carboxylic acids is 1. The van der Waals surface area contributed by atoms with Gasteiger partial charge in [-0.05, 0) is 74.7 Å². The van der Waals surface area contributed by atoms with E-state index in [2.05, 4.69) is 17.6 Å². The second-order valence-electron chi connectivity index (χ2n) is 7.91. The molecule has 2 N–H and O–H groups in total. The number of nitrogens with one attached hydrogen (secondary N) is 2. The van der Waals surface area contributed by atoms with Crippen molar-refractivity contribution in [3.63, 3.8) is 0 Å². The van der Waals surface area contributed by atoms with Gasteiger partial charge in [-0.25, -0.2) is 0 Å². The summed E-state index contributed by atoms with van der Waals surface area (Å²) in [5, 5.41) is 6.81. The van der Waals surface area contributed by atoms with E-state index in [4.69, 9.17) is 0 Å². The predicted octanol–water partition coefficient (Wildman–Crippen LogP) is 2.32. The average Bonchev–Trinajstić information content (AvgIpc) is 3.10. The van der Waals surface area contributed by atoms with Crippen LogP contribution in [0.1, 0.15) is 51.9 Å². The minimum absolute atomic E-state index is 0.0669. The zero-order chi connectivity index (χ0) is 13.7. The normalized spacial score (nSPS) is 50.1. The molecule has 4 aliphatic rings. The quantitative estimate of drug-likeness (QED) is 0.812. The van der Waals surface area contributed by atoms with Crippen molar-refractivity contribution in [2.24, 2.45) is 29.6 Å². The van der Waals surface area contributed by atoms with Crippen LogP contribution in [0.3, 0.4) is 0 Å². The van der Waals surface area contributed by atoms with E-state index < -0.39 is 0 Å². The number of carbonyl (C=O) groups is 1. The molecule has 3 heteroatoms. The molecule has 3 aliphatic carbocycles. The van der Waals surface area contributed by atoms with Gasteiger partial charge >= 0.3 is 0 Å². The lowest BCUT2D eigenvalue weighted by Crippen LogP contribution is -2.52. The van der Waals surface area contributed by atoms with Crippen molar-refractivity contribution in [1.82, 2.24) is 10.6 Å². The zero-order valence-corrected chi connectivity index (χ0v) is 12.6. The van der Waals surface area contributed by atoms with E-state index in [1.807, 2.05) is 0 Å². The van der Waals surface area contributed by atoms with Crippen LogP contribution in [0.4, 0.5) is 0 Å². The molecule has 3 nitrogen and oxygen atoms in total. The molecule has 0 aromatic rings. The molecule has 2 bridgehead atoms. The maximum absolute atomic E-state index is 12.5. The first kappa shape index (κ1) is 13.1. The Hall–Kier alpha value is -0.570. The minimum Gasteiger partial charge on any atom is -0.352 e. The summed E-state index contributed by atoms with van der Waals surface area (Å²) in [5.41, 5.74) is 0. The Morgan fingerprint density at radius 3 is 2.75 bits per heavy atom. The minimum atomic E-state index is 0.0669. The second kappa shape index (κ2) is 5.01. The molecule has 0 radical (unpaired) electrons. The largest absolute Gasteiger partial charge is 0.352 e. The molecular weight excluding hydrogens is 248 g/mol. The van der Waals surface area contributed by atoms with Crippen molar-refractivity contribution >= 4 is 5.91 Å². The van der Waals surface area contributed by atoms with Gasteiger partial charge in [0.15, 0.2) is 0 Å². The molecule has 4 fully saturated rings. The summed E-state index contributed by atoms with van der Waals surface area (Å²) < 4.78 is 0. The van der Waals surface area contributed by atoms with E-state index in [0.29, 0.717) is 12.0 Å². The van der Waals surface area contributed by atoms with Gasteiger partial charge in [0.2, 0.25) is 5.91 Å². The SMILES string of the molecule is CC1CCNC(C(=O)NC2CC3CC2C2CCCC32)C1. The first-order valence-electron chi connectivity index (χ1n) is 8.76. The Balaban J connectivity index is 1.37. The molecule has 3 saturated carbocycles. The fourth-order valence-corrected chi connectivity index (χ4v) is 5.82. The lowest BCUT2D eigenvalue weighted by atomic mass is 9.79. The lowest BCUT2D eigenvalue weighted by molar-refractivity contribution is -0.125. The third-order valence-electron chi connectivity index (χ3n) is 6.74. The van der Waals surface area contributed by atoms with Gasteiger partial charge in [0, 0.05) is 6.04 Å². The Labute approximate surface area is 122 Å². The van der Waals surface area contributed by atoms with Gasteiger partial charge in [0.25, 0.3) is 0 Å². The Morgan fingerprint density at radius 1 is 1.05 bits per heavy atom. The van der Waals surface area contributed by atoms with Gasteiger partial charge in [-0.15, -0.1) is 0 Å². The molecule has 1 amide bonds. The van der Waals surface area contributed by atoms with Crippen molar-refractivity contribution in [2.75, 3.05) is 6.54 Å². The van der Waals surface area contributed by atoms with E-state index >= 15 is 0 Å². The summed E-state index contributed by atoms with van der Waals surface area (Å²) in [5.74, 6) is 4.65. The monoisotopic (exact) mass is 276 g/mol. The molecule has 1 aliphatic heterocycles. The zero-order valence-electron chi connectivity index (χ0n) is 12.6. The van der Waals surface area contributed by atoms with Crippen LogP contribution in [0.2, 0.25) is 0 Å². The second-order valence-corrected chi connectivity index (χ2v) is 7.91. The smallest absolute Gasteiger partial charge is 0.237 e. The Kier molecular flexibility index (Phi) is 3.29. The van der Waals surface area contributed by atoms with Crippen molar-refractivity contribution in [3.05, 3.63) is 0 Å². The molecule has 7 atom stereocenters. The highest BCUT2D eigenvalue weighted by Gasteiger charge is 2.54. The molecule has 112 valence electrons. The van der Waals surface area contributed by atoms with Crippen molar-refractivity contribution < 1.29 is 4.79 Å². The summed E-state index contributed by atoms with van der Waals surface area (Å²) in [6.07, 6.45) is 9.21. The highest BCUT2D eigenvalue weighted by atomic mass is 16.2. The third kappa shape index (κ3) is 2.09. The van der Waals surface area contributed by atoms with Crippen molar-refractivity contribution in [3.8, 4) is 0 Å². The van der Waals surface area contributed by atoms with Crippen LogP contribution in [0.5, 0.6) is 0 Å². The fraction of sp³-hybridized carbons (Fsp3) is 0.941. The topological polar surface area (TPSA) is 41.1 Å². The lowest BCUT2D eigenvalue weighted by Gasteiger charge is -2.34. The van der Waals surface area contributed by atoms with Crippen LogP contribution < -0.4 is 10.6 Å². The van der Waals surface area contributed by atoms with Crippen LogP contribution in [0.15, 0.2) is 0 Å². The van der Waals surface area contributed by atoms with Gasteiger partial charge < -0.3 is 10.6 Å². The summed E-state index contributed by atoms with van der Waals surface area (Å²) in [6.45, 7) is 3.27. The molecule has 0 aromatic carbocycles. The first-order valence-corrected chi connectivity index (χ1v) is 8.76. The number of piperidine rings is 1. The Bertz CT molecular complexity index is 396. The summed E-state index contributed by atoms with van der Waals surface area (Å²) >= 11 is 0. The van der Waals surface area contributed by atoms with E-state index in [0.717, 1.165) is 36.6 Å². The summed E-state index contributed by atoms with van der Waals surface area (Å²) in [7, 11) is 0. The van der Waals surface area contributed by atoms with Crippen LogP contribution in [0, 0.1) is 29.6 Å². The number of hydrogen-bond donors (Lipinski definition) is 2. The number of amides is 1. The maximum atomic E-state index is 12.5. The highest BCUT2D eigenvalue weighted by Crippen LogP contribution is 2.58. The van der Waals surface area contributed by atoms with Crippen LogP contribution in [-0.2, 0) is 4.79 Å². The van der Waals surface area contributed by atoms with Gasteiger partial charge in [0.1, 0.15) is 0 Å². The standard InChI is InChI=1S/C17H28N2O/c1-10-5-6-18-16(7-10)17(20)19-15-9-11-8-14(15)13-4-2-3-12(11)13/h10-16,18H,2-9H2,1H3,(H,19,20). The molecule has 4 rings (SSSR count). The fourth-order valence-electron chi connectivity index (χ4n) is 5.82. The number of rotatable bonds is 2. The molecule has 1 saturated heterocycles. The predicted molar refractivity (Wildman–Crippen MR) is 79.2 cm³/mol. The molecule has 1 heterocycles. The van der Waals surface area contributed by atoms with Gasteiger partial charge in [-0.1, -0.05) is 13.3 Å². The first-order chi connectivity index (χ1) is 9.72. The van der Waals surface area contributed by atoms with Gasteiger partial charge in [0.05, 0.1) is 6.04 Å². The van der Waals surface area contributed by atoms with Crippen LogP contribution >= 0.6 is 0 Å². The maximum Gasteiger partial charge on any atom is 0.237 e. The Morgan fingerprint density at radius 2 is 1.90 bits per heavy atom. The highest BCUT2D eigenvalue weighted by molar-refractivity contribution is 5.82. The average molecular weight is 276 g/mol.